The number of rotatable bonds is 3. The average molecular weight is 326 g/mol. The van der Waals surface area contributed by atoms with Gasteiger partial charge in [-0.2, -0.15) is 0 Å². The van der Waals surface area contributed by atoms with Crippen LogP contribution in [-0.2, 0) is 4.79 Å². The molecule has 8 heteroatoms. The molecule has 0 aromatic heterocycles. The molecule has 0 aliphatic carbocycles. The molecule has 0 rings (SSSR count). The van der Waals surface area contributed by atoms with Gasteiger partial charge in [-0.15, -0.1) is 0 Å². The third-order valence-electron chi connectivity index (χ3n) is 1.79. The minimum Gasteiger partial charge on any atom is -0.364 e. The number of thioether (sulfide) groups is 2. The van der Waals surface area contributed by atoms with Crippen molar-refractivity contribution in [2.45, 2.75) is 4.58 Å². The third-order valence-corrected chi connectivity index (χ3v) is 5.64. The summed E-state index contributed by atoms with van der Waals surface area (Å²) in [5.41, 5.74) is 0. The first-order chi connectivity index (χ1) is 8.16. The Morgan fingerprint density at radius 2 is 1.17 bits per heavy atom. The Balaban J connectivity index is 4.79. The lowest BCUT2D eigenvalue weighted by Gasteiger charge is -2.24. The van der Waals surface area contributed by atoms with Crippen LogP contribution in [0.1, 0.15) is 0 Å². The van der Waals surface area contributed by atoms with Gasteiger partial charge in [-0.25, -0.2) is 0 Å². The fourth-order valence-corrected chi connectivity index (χ4v) is 3.82. The lowest BCUT2D eigenvalue weighted by molar-refractivity contribution is -0.126. The summed E-state index contributed by atoms with van der Waals surface area (Å²) in [7, 11) is 10.9. The Bertz CT molecular complexity index is 309. The maximum absolute atomic E-state index is 12.1. The molecule has 0 spiro atoms. The van der Waals surface area contributed by atoms with Gasteiger partial charge >= 0.3 is 0 Å². The predicted octanol–water partition coefficient (Wildman–Crippen LogP) is 1.56. The molecular formula is C10H19N3OS4. The van der Waals surface area contributed by atoms with Crippen molar-refractivity contribution < 1.29 is 4.79 Å². The highest BCUT2D eigenvalue weighted by Crippen LogP contribution is 2.29. The molecule has 0 saturated heterocycles. The first kappa shape index (κ1) is 17.9. The van der Waals surface area contributed by atoms with Crippen LogP contribution in [0.4, 0.5) is 0 Å². The third kappa shape index (κ3) is 6.21. The molecule has 1 amide bonds. The van der Waals surface area contributed by atoms with Gasteiger partial charge in [0.1, 0.15) is 13.2 Å². The second kappa shape index (κ2) is 8.19. The number of carbonyl (C=O) groups excluding carboxylic acids is 1. The second-order valence-electron chi connectivity index (χ2n) is 4.12. The number of nitrogens with zero attached hydrogens (tertiary/aromatic N) is 3. The highest BCUT2D eigenvalue weighted by Gasteiger charge is 2.26. The van der Waals surface area contributed by atoms with Crippen LogP contribution < -0.4 is 0 Å². The minimum absolute atomic E-state index is 0.00148. The first-order valence-electron chi connectivity index (χ1n) is 5.13. The van der Waals surface area contributed by atoms with Crippen molar-refractivity contribution in [3.63, 3.8) is 0 Å². The molecule has 0 aromatic rings. The van der Waals surface area contributed by atoms with Gasteiger partial charge in [0.15, 0.2) is 0 Å². The number of hydrogen-bond acceptors (Lipinski definition) is 5. The Hall–Kier alpha value is -0.0500. The molecule has 0 saturated carbocycles. The molecule has 0 bridgehead atoms. The van der Waals surface area contributed by atoms with Crippen LogP contribution >= 0.6 is 48.0 Å². The predicted molar refractivity (Wildman–Crippen MR) is 90.2 cm³/mol. The van der Waals surface area contributed by atoms with E-state index in [1.165, 1.54) is 23.5 Å². The summed E-state index contributed by atoms with van der Waals surface area (Å²) in [5.74, 6) is -0.00148. The van der Waals surface area contributed by atoms with Crippen molar-refractivity contribution in [3.8, 4) is 0 Å². The quantitative estimate of drug-likeness (QED) is 0.574. The molecule has 0 aromatic carbocycles. The molecule has 0 N–H and O–H groups in total. The average Bonchev–Trinajstić information content (AvgIpc) is 2.26. The Morgan fingerprint density at radius 3 is 1.39 bits per heavy atom. The summed E-state index contributed by atoms with van der Waals surface area (Å²) in [5, 5.41) is 0. The second-order valence-corrected chi connectivity index (χ2v) is 7.90. The van der Waals surface area contributed by atoms with Crippen molar-refractivity contribution >= 4 is 62.5 Å². The van der Waals surface area contributed by atoms with Crippen molar-refractivity contribution in [2.75, 3.05) is 42.3 Å². The van der Waals surface area contributed by atoms with E-state index in [0.717, 1.165) is 0 Å². The van der Waals surface area contributed by atoms with E-state index in [1.807, 2.05) is 38.0 Å². The fraction of sp³-hybridized carbons (Fsp3) is 0.700. The van der Waals surface area contributed by atoms with Crippen LogP contribution in [0.3, 0.4) is 0 Å². The van der Waals surface area contributed by atoms with E-state index in [9.17, 15) is 4.79 Å². The Kier molecular flexibility index (Phi) is 8.16. The van der Waals surface area contributed by atoms with E-state index < -0.39 is 0 Å². The zero-order valence-electron chi connectivity index (χ0n) is 11.5. The van der Waals surface area contributed by atoms with Gasteiger partial charge < -0.3 is 14.7 Å². The number of amides is 1. The standard InChI is InChI=1S/C10H19N3OS4/c1-11(2)7(14)8(17-9(15)12(3)4)18-10(16)13(5)6/h8H,1-6H3. The largest absolute Gasteiger partial charge is 0.364 e. The van der Waals surface area contributed by atoms with Gasteiger partial charge in [0.05, 0.1) is 0 Å². The molecule has 4 nitrogen and oxygen atoms in total. The lowest BCUT2D eigenvalue weighted by atomic mass is 10.6. The SMILES string of the molecule is CN(C)C(=O)C(SC(=S)N(C)C)SC(=S)N(C)C. The van der Waals surface area contributed by atoms with Crippen molar-refractivity contribution in [2.24, 2.45) is 0 Å². The zero-order valence-corrected chi connectivity index (χ0v) is 14.7. The molecule has 0 atom stereocenters. The molecule has 0 fully saturated rings. The van der Waals surface area contributed by atoms with Crippen LogP contribution in [-0.4, -0.2) is 76.1 Å². The number of carbonyl (C=O) groups is 1. The van der Waals surface area contributed by atoms with E-state index >= 15 is 0 Å². The molecule has 0 heterocycles. The van der Waals surface area contributed by atoms with Crippen molar-refractivity contribution in [1.29, 1.82) is 0 Å². The number of hydrogen-bond donors (Lipinski definition) is 0. The van der Waals surface area contributed by atoms with Crippen LogP contribution in [0.2, 0.25) is 0 Å². The van der Waals surface area contributed by atoms with Gasteiger partial charge in [0, 0.05) is 42.3 Å². The van der Waals surface area contributed by atoms with E-state index in [4.69, 9.17) is 24.4 Å². The summed E-state index contributed by atoms with van der Waals surface area (Å²) in [6, 6.07) is 0. The molecule has 18 heavy (non-hydrogen) atoms. The van der Waals surface area contributed by atoms with Gasteiger partial charge in [-0.05, 0) is 0 Å². The van der Waals surface area contributed by atoms with Crippen LogP contribution in [0.5, 0.6) is 0 Å². The minimum atomic E-state index is -0.343. The highest BCUT2D eigenvalue weighted by molar-refractivity contribution is 8.37. The maximum Gasteiger partial charge on any atom is 0.246 e. The molecule has 104 valence electrons. The maximum atomic E-state index is 12.1. The zero-order chi connectivity index (χ0) is 14.5. The fourth-order valence-electron chi connectivity index (χ4n) is 0.730. The van der Waals surface area contributed by atoms with Gasteiger partial charge in [-0.3, -0.25) is 4.79 Å². The van der Waals surface area contributed by atoms with Crippen LogP contribution in [0.15, 0.2) is 0 Å². The van der Waals surface area contributed by atoms with Gasteiger partial charge in [0.2, 0.25) is 5.91 Å². The molecule has 0 unspecified atom stereocenters. The summed E-state index contributed by atoms with van der Waals surface area (Å²) in [4.78, 5) is 17.3. The van der Waals surface area contributed by atoms with E-state index in [-0.39, 0.29) is 10.5 Å². The van der Waals surface area contributed by atoms with Crippen molar-refractivity contribution in [1.82, 2.24) is 14.7 Å². The summed E-state index contributed by atoms with van der Waals surface area (Å²) < 4.78 is 0.998. The van der Waals surface area contributed by atoms with Gasteiger partial charge in [-0.1, -0.05) is 48.0 Å². The molecular weight excluding hydrogens is 306 g/mol. The van der Waals surface area contributed by atoms with Crippen LogP contribution in [0.25, 0.3) is 0 Å². The topological polar surface area (TPSA) is 26.8 Å². The lowest BCUT2D eigenvalue weighted by Crippen LogP contribution is -2.34. The smallest absolute Gasteiger partial charge is 0.246 e. The Labute approximate surface area is 128 Å². The summed E-state index contributed by atoms with van der Waals surface area (Å²) in [6.45, 7) is 0. The first-order valence-corrected chi connectivity index (χ1v) is 7.71. The molecule has 0 aliphatic rings. The molecule has 0 radical (unpaired) electrons. The summed E-state index contributed by atoms with van der Waals surface area (Å²) in [6.07, 6.45) is 0. The normalized spacial score (nSPS) is 10.2. The van der Waals surface area contributed by atoms with E-state index in [1.54, 1.807) is 19.0 Å². The monoisotopic (exact) mass is 325 g/mol. The Morgan fingerprint density at radius 1 is 0.833 bits per heavy atom. The van der Waals surface area contributed by atoms with E-state index in [0.29, 0.717) is 8.64 Å². The van der Waals surface area contributed by atoms with Gasteiger partial charge in [0.25, 0.3) is 0 Å². The summed E-state index contributed by atoms with van der Waals surface area (Å²) >= 11 is 13.2. The molecule has 0 aliphatic heterocycles. The van der Waals surface area contributed by atoms with Crippen LogP contribution in [0, 0.1) is 0 Å². The highest BCUT2D eigenvalue weighted by atomic mass is 32.2. The number of thiocarbonyl (C=S) groups is 2. The van der Waals surface area contributed by atoms with E-state index in [2.05, 4.69) is 0 Å². The van der Waals surface area contributed by atoms with Crippen molar-refractivity contribution in [3.05, 3.63) is 0 Å².